The zero-order valence-electron chi connectivity index (χ0n) is 19.7. The summed E-state index contributed by atoms with van der Waals surface area (Å²) in [7, 11) is 1.47. The van der Waals surface area contributed by atoms with Crippen LogP contribution in [0.4, 0.5) is 0 Å². The summed E-state index contributed by atoms with van der Waals surface area (Å²) in [6, 6.07) is 18.3. The Bertz CT molecular complexity index is 1450. The Balaban J connectivity index is 1.47. The molecule has 0 saturated carbocycles. The molecule has 188 valence electrons. The molecule has 8 nitrogen and oxygen atoms in total. The van der Waals surface area contributed by atoms with Gasteiger partial charge in [-0.2, -0.15) is 0 Å². The van der Waals surface area contributed by atoms with Crippen LogP contribution < -0.4 is 14.5 Å². The molecule has 4 aromatic carbocycles. The normalized spacial score (nSPS) is 11.2. The van der Waals surface area contributed by atoms with Gasteiger partial charge in [0.1, 0.15) is 17.2 Å². The van der Waals surface area contributed by atoms with Crippen molar-refractivity contribution in [3.05, 3.63) is 95.1 Å². The molecule has 4 rings (SSSR count). The lowest BCUT2D eigenvalue weighted by atomic mass is 10.1. The van der Waals surface area contributed by atoms with Gasteiger partial charge < -0.3 is 30.3 Å². The van der Waals surface area contributed by atoms with E-state index in [2.05, 4.69) is 0 Å². The van der Waals surface area contributed by atoms with Gasteiger partial charge in [-0.05, 0) is 70.8 Å². The highest BCUT2D eigenvalue weighted by Crippen LogP contribution is 2.31. The number of methoxy groups -OCH3 is 1. The van der Waals surface area contributed by atoms with Crippen LogP contribution in [0, 0.1) is 0 Å². The Labute approximate surface area is 212 Å². The van der Waals surface area contributed by atoms with Crippen LogP contribution in [0.25, 0.3) is 24.3 Å². The maximum atomic E-state index is 10.2. The van der Waals surface area contributed by atoms with Gasteiger partial charge >= 0.3 is 0 Å². The molecule has 0 aromatic heterocycles. The summed E-state index contributed by atoms with van der Waals surface area (Å²) >= 11 is 0. The Morgan fingerprint density at radius 1 is 0.486 bits per heavy atom. The van der Waals surface area contributed by atoms with Crippen molar-refractivity contribution in [3.8, 4) is 46.0 Å². The van der Waals surface area contributed by atoms with Crippen molar-refractivity contribution in [2.75, 3.05) is 7.11 Å². The van der Waals surface area contributed by atoms with Crippen molar-refractivity contribution < 1.29 is 40.0 Å². The maximum Gasteiger partial charge on any atom is 0.220 e. The van der Waals surface area contributed by atoms with E-state index in [-0.39, 0.29) is 40.2 Å². The van der Waals surface area contributed by atoms with Crippen LogP contribution in [0.2, 0.25) is 0 Å². The topological polar surface area (TPSA) is 129 Å². The number of ether oxygens (including phenoxy) is 1. The minimum atomic E-state index is -0.160. The van der Waals surface area contributed by atoms with Gasteiger partial charge in [-0.25, -0.2) is 0 Å². The highest BCUT2D eigenvalue weighted by atomic mass is 17.2. The zero-order chi connectivity index (χ0) is 26.4. The van der Waals surface area contributed by atoms with Crippen LogP contribution in [0.1, 0.15) is 22.3 Å². The number of phenolic OH excluding ortho intramolecular Hbond substituents is 5. The fourth-order valence-corrected chi connectivity index (χ4v) is 3.45. The van der Waals surface area contributed by atoms with E-state index in [1.807, 2.05) is 0 Å². The number of phenols is 5. The molecule has 0 aliphatic heterocycles. The lowest BCUT2D eigenvalue weighted by Gasteiger charge is -2.09. The minimum Gasteiger partial charge on any atom is -0.508 e. The Morgan fingerprint density at radius 3 is 1.70 bits per heavy atom. The third-order valence-corrected chi connectivity index (χ3v) is 5.19. The van der Waals surface area contributed by atoms with Crippen LogP contribution >= 0.6 is 0 Å². The average molecular weight is 501 g/mol. The van der Waals surface area contributed by atoms with Gasteiger partial charge in [-0.15, -0.1) is 0 Å². The Kier molecular flexibility index (Phi) is 7.40. The van der Waals surface area contributed by atoms with Gasteiger partial charge in [-0.3, -0.25) is 9.78 Å². The highest BCUT2D eigenvalue weighted by molar-refractivity contribution is 5.73. The third-order valence-electron chi connectivity index (χ3n) is 5.19. The third kappa shape index (κ3) is 6.67. The van der Waals surface area contributed by atoms with Gasteiger partial charge in [-0.1, -0.05) is 36.4 Å². The summed E-state index contributed by atoms with van der Waals surface area (Å²) < 4.78 is 5.04. The van der Waals surface area contributed by atoms with Crippen molar-refractivity contribution in [2.45, 2.75) is 0 Å². The van der Waals surface area contributed by atoms with Crippen LogP contribution in [-0.2, 0) is 0 Å². The number of benzene rings is 4. The quantitative estimate of drug-likeness (QED) is 0.114. The second kappa shape index (κ2) is 11.0. The molecule has 8 heteroatoms. The standard InChI is InChI=1S/C29H24O8/c1-35-28-9-7-18(14-27(28)34)2-5-21-12-24(32)17-25(13-21)36-37-29-15-19(6-8-26(29)33)3-4-20-10-22(30)16-23(31)11-20/h2-17,30-34H,1H3/b4-3+,5-2+. The van der Waals surface area contributed by atoms with Crippen LogP contribution in [0.5, 0.6) is 46.0 Å². The number of rotatable bonds is 8. The molecule has 0 unspecified atom stereocenters. The molecule has 0 aliphatic carbocycles. The van der Waals surface area contributed by atoms with Crippen LogP contribution in [0.15, 0.2) is 72.8 Å². The molecule has 0 atom stereocenters. The van der Waals surface area contributed by atoms with Crippen LogP contribution in [-0.4, -0.2) is 32.6 Å². The van der Waals surface area contributed by atoms with E-state index in [0.29, 0.717) is 22.4 Å². The number of hydrogen-bond donors (Lipinski definition) is 5. The van der Waals surface area contributed by atoms with Crippen LogP contribution in [0.3, 0.4) is 0 Å². The molecule has 0 heterocycles. The monoisotopic (exact) mass is 500 g/mol. The second-order valence-electron chi connectivity index (χ2n) is 8.03. The summed E-state index contributed by atoms with van der Waals surface area (Å²) in [5.74, 6) is 0.248. The first-order valence-corrected chi connectivity index (χ1v) is 11.1. The van der Waals surface area contributed by atoms with E-state index in [1.54, 1.807) is 54.6 Å². The smallest absolute Gasteiger partial charge is 0.220 e. The molecule has 0 fully saturated rings. The van der Waals surface area contributed by atoms with E-state index in [9.17, 15) is 25.5 Å². The number of hydrogen-bond acceptors (Lipinski definition) is 8. The Hall–Kier alpha value is -5.24. The summed E-state index contributed by atoms with van der Waals surface area (Å²) in [5, 5.41) is 49.4. The van der Waals surface area contributed by atoms with E-state index >= 15 is 0 Å². The van der Waals surface area contributed by atoms with Gasteiger partial charge in [0.15, 0.2) is 23.0 Å². The molecule has 4 aromatic rings. The predicted octanol–water partition coefficient (Wildman–Crippen LogP) is 5.94. The molecule has 0 bridgehead atoms. The van der Waals surface area contributed by atoms with E-state index < -0.39 is 0 Å². The zero-order valence-corrected chi connectivity index (χ0v) is 19.7. The first kappa shape index (κ1) is 24.9. The molecule has 0 saturated heterocycles. The van der Waals surface area contributed by atoms with Gasteiger partial charge in [0.05, 0.1) is 7.11 Å². The summed E-state index contributed by atoms with van der Waals surface area (Å²) in [6.45, 7) is 0. The SMILES string of the molecule is COc1ccc(/C=C/c2cc(O)cc(OOc3cc(/C=C/c4cc(O)cc(O)c4)ccc3O)c2)cc1O. The lowest BCUT2D eigenvalue weighted by molar-refractivity contribution is -0.102. The first-order chi connectivity index (χ1) is 17.8. The molecule has 5 N–H and O–H groups in total. The highest BCUT2D eigenvalue weighted by Gasteiger charge is 2.08. The minimum absolute atomic E-state index is 0.00919. The van der Waals surface area contributed by atoms with Gasteiger partial charge in [0.25, 0.3) is 0 Å². The van der Waals surface area contributed by atoms with Crippen molar-refractivity contribution in [1.29, 1.82) is 0 Å². The fourth-order valence-electron chi connectivity index (χ4n) is 3.45. The molecular weight excluding hydrogens is 476 g/mol. The molecule has 0 spiro atoms. The molecule has 0 amide bonds. The van der Waals surface area contributed by atoms with E-state index in [1.165, 1.54) is 49.6 Å². The molecule has 37 heavy (non-hydrogen) atoms. The maximum absolute atomic E-state index is 10.2. The van der Waals surface area contributed by atoms with Crippen molar-refractivity contribution >= 4 is 24.3 Å². The molecule has 0 aliphatic rings. The van der Waals surface area contributed by atoms with E-state index in [0.717, 1.165) is 5.56 Å². The van der Waals surface area contributed by atoms with Crippen molar-refractivity contribution in [1.82, 2.24) is 0 Å². The average Bonchev–Trinajstić information content (AvgIpc) is 2.85. The first-order valence-electron chi connectivity index (χ1n) is 11.1. The van der Waals surface area contributed by atoms with Crippen molar-refractivity contribution in [2.24, 2.45) is 0 Å². The second-order valence-corrected chi connectivity index (χ2v) is 8.03. The summed E-state index contributed by atoms with van der Waals surface area (Å²) in [6.07, 6.45) is 6.84. The number of aromatic hydroxyl groups is 5. The summed E-state index contributed by atoms with van der Waals surface area (Å²) in [5.41, 5.74) is 2.55. The molecular formula is C29H24O8. The van der Waals surface area contributed by atoms with Crippen molar-refractivity contribution in [3.63, 3.8) is 0 Å². The summed E-state index contributed by atoms with van der Waals surface area (Å²) in [4.78, 5) is 10.7. The fraction of sp³-hybridized carbons (Fsp3) is 0.0345. The van der Waals surface area contributed by atoms with Gasteiger partial charge in [0, 0.05) is 12.1 Å². The van der Waals surface area contributed by atoms with Gasteiger partial charge in [0.2, 0.25) is 5.75 Å². The van der Waals surface area contributed by atoms with E-state index in [4.69, 9.17) is 14.5 Å². The predicted molar refractivity (Wildman–Crippen MR) is 140 cm³/mol. The Morgan fingerprint density at radius 2 is 1.05 bits per heavy atom. The largest absolute Gasteiger partial charge is 0.508 e. The molecule has 0 radical (unpaired) electrons. The lowest BCUT2D eigenvalue weighted by Crippen LogP contribution is -2.01.